The fourth-order valence-corrected chi connectivity index (χ4v) is 3.32. The molecule has 3 nitrogen and oxygen atoms in total. The Morgan fingerprint density at radius 1 is 1.10 bits per heavy atom. The summed E-state index contributed by atoms with van der Waals surface area (Å²) in [6.07, 6.45) is 8.86. The Balaban J connectivity index is 2.52. The number of Topliss-reactive ketones (excluding diaryl/α,β-unsaturated/α-hetero) is 1. The first kappa shape index (κ1) is 18.2. The van der Waals surface area contributed by atoms with Gasteiger partial charge in [0.1, 0.15) is 0 Å². The van der Waals surface area contributed by atoms with Crippen molar-refractivity contribution >= 4 is 11.7 Å². The zero-order chi connectivity index (χ0) is 15.8. The zero-order valence-electron chi connectivity index (χ0n) is 14.3. The fourth-order valence-electron chi connectivity index (χ4n) is 3.32. The lowest BCUT2D eigenvalue weighted by Gasteiger charge is -2.27. The van der Waals surface area contributed by atoms with Crippen molar-refractivity contribution in [2.75, 3.05) is 0 Å². The van der Waals surface area contributed by atoms with Gasteiger partial charge in [-0.05, 0) is 18.3 Å². The molecule has 1 fully saturated rings. The van der Waals surface area contributed by atoms with Crippen molar-refractivity contribution in [2.45, 2.75) is 85.1 Å². The first-order chi connectivity index (χ1) is 9.99. The monoisotopic (exact) mass is 295 g/mol. The van der Waals surface area contributed by atoms with E-state index in [1.165, 1.54) is 32.1 Å². The summed E-state index contributed by atoms with van der Waals surface area (Å²) in [4.78, 5) is 24.5. The summed E-state index contributed by atoms with van der Waals surface area (Å²) < 4.78 is 0. The van der Waals surface area contributed by atoms with Crippen molar-refractivity contribution in [3.05, 3.63) is 0 Å². The zero-order valence-corrected chi connectivity index (χ0v) is 14.3. The molecule has 0 spiro atoms. The number of hydrogen-bond acceptors (Lipinski definition) is 2. The predicted octanol–water partition coefficient (Wildman–Crippen LogP) is 4.10. The first-order valence-corrected chi connectivity index (χ1v) is 8.82. The quantitative estimate of drug-likeness (QED) is 0.732. The second-order valence-corrected chi connectivity index (χ2v) is 6.83. The number of carbonyl (C=O) groups is 2. The molecule has 1 saturated carbocycles. The van der Waals surface area contributed by atoms with Crippen LogP contribution in [0.5, 0.6) is 0 Å². The second kappa shape index (κ2) is 9.22. The molecular weight excluding hydrogens is 262 g/mol. The van der Waals surface area contributed by atoms with Crippen LogP contribution in [-0.4, -0.2) is 17.7 Å². The van der Waals surface area contributed by atoms with Crippen LogP contribution >= 0.6 is 0 Å². The maximum atomic E-state index is 12.4. The Kier molecular flexibility index (Phi) is 7.98. The van der Waals surface area contributed by atoms with E-state index >= 15 is 0 Å². The summed E-state index contributed by atoms with van der Waals surface area (Å²) in [6.45, 7) is 7.99. The molecule has 3 heteroatoms. The van der Waals surface area contributed by atoms with Crippen molar-refractivity contribution < 1.29 is 9.59 Å². The standard InChI is InChI=1S/C18H33NO2/c1-5-13(3)17(16(20)6-2)19-18(21)14(4)12-15-10-8-7-9-11-15/h13-15,17H,5-12H2,1-4H3,(H,19,21). The van der Waals surface area contributed by atoms with Crippen LogP contribution in [0.1, 0.15) is 79.1 Å². The van der Waals surface area contributed by atoms with Crippen LogP contribution in [0.2, 0.25) is 0 Å². The molecule has 3 unspecified atom stereocenters. The van der Waals surface area contributed by atoms with E-state index < -0.39 is 0 Å². The minimum Gasteiger partial charge on any atom is -0.346 e. The number of nitrogens with one attached hydrogen (secondary N) is 1. The van der Waals surface area contributed by atoms with E-state index in [1.54, 1.807) is 0 Å². The molecule has 0 radical (unpaired) electrons. The molecule has 1 aliphatic carbocycles. The molecule has 0 aromatic rings. The molecule has 0 aliphatic heterocycles. The minimum atomic E-state index is -0.304. The molecule has 3 atom stereocenters. The maximum absolute atomic E-state index is 12.4. The van der Waals surface area contributed by atoms with E-state index in [0.29, 0.717) is 12.3 Å². The Labute approximate surface area is 130 Å². The van der Waals surface area contributed by atoms with Crippen molar-refractivity contribution in [3.63, 3.8) is 0 Å². The van der Waals surface area contributed by atoms with Gasteiger partial charge in [-0.1, -0.05) is 66.2 Å². The second-order valence-electron chi connectivity index (χ2n) is 6.83. The largest absolute Gasteiger partial charge is 0.346 e. The Morgan fingerprint density at radius 3 is 2.24 bits per heavy atom. The van der Waals surface area contributed by atoms with Gasteiger partial charge in [0, 0.05) is 12.3 Å². The third-order valence-corrected chi connectivity index (χ3v) is 5.07. The van der Waals surface area contributed by atoms with Gasteiger partial charge in [-0.3, -0.25) is 9.59 Å². The molecule has 1 amide bonds. The number of carbonyl (C=O) groups excluding carboxylic acids is 2. The van der Waals surface area contributed by atoms with Crippen molar-refractivity contribution in [3.8, 4) is 0 Å². The molecule has 0 aromatic heterocycles. The molecule has 0 aromatic carbocycles. The van der Waals surface area contributed by atoms with Crippen molar-refractivity contribution in [1.29, 1.82) is 0 Å². The lowest BCUT2D eigenvalue weighted by atomic mass is 9.83. The normalized spacial score (nSPS) is 20.6. The summed E-state index contributed by atoms with van der Waals surface area (Å²) in [5.74, 6) is 1.14. The average molecular weight is 295 g/mol. The molecule has 1 rings (SSSR count). The van der Waals surface area contributed by atoms with Gasteiger partial charge in [-0.25, -0.2) is 0 Å². The molecule has 122 valence electrons. The minimum absolute atomic E-state index is 0.0179. The third-order valence-electron chi connectivity index (χ3n) is 5.07. The number of amides is 1. The Hall–Kier alpha value is -0.860. The van der Waals surface area contributed by atoms with E-state index in [4.69, 9.17) is 0 Å². The van der Waals surface area contributed by atoms with Crippen LogP contribution in [0, 0.1) is 17.8 Å². The number of ketones is 1. The van der Waals surface area contributed by atoms with Crippen molar-refractivity contribution in [2.24, 2.45) is 17.8 Å². The highest BCUT2D eigenvalue weighted by Gasteiger charge is 2.27. The third kappa shape index (κ3) is 5.80. The first-order valence-electron chi connectivity index (χ1n) is 8.82. The smallest absolute Gasteiger partial charge is 0.223 e. The highest BCUT2D eigenvalue weighted by Crippen LogP contribution is 2.29. The topological polar surface area (TPSA) is 46.2 Å². The lowest BCUT2D eigenvalue weighted by molar-refractivity contribution is -0.131. The van der Waals surface area contributed by atoms with Gasteiger partial charge in [-0.2, -0.15) is 0 Å². The van der Waals surface area contributed by atoms with Gasteiger partial charge in [-0.15, -0.1) is 0 Å². The van der Waals surface area contributed by atoms with Crippen LogP contribution in [0.15, 0.2) is 0 Å². The Bertz CT molecular complexity index is 334. The van der Waals surface area contributed by atoms with Crippen LogP contribution < -0.4 is 5.32 Å². The highest BCUT2D eigenvalue weighted by atomic mass is 16.2. The van der Waals surface area contributed by atoms with Crippen LogP contribution in [0.3, 0.4) is 0 Å². The van der Waals surface area contributed by atoms with E-state index in [2.05, 4.69) is 12.2 Å². The molecule has 1 N–H and O–H groups in total. The van der Waals surface area contributed by atoms with Gasteiger partial charge >= 0.3 is 0 Å². The fraction of sp³-hybridized carbons (Fsp3) is 0.889. The van der Waals surface area contributed by atoms with E-state index in [9.17, 15) is 9.59 Å². The summed E-state index contributed by atoms with van der Waals surface area (Å²) in [5.41, 5.74) is 0. The van der Waals surface area contributed by atoms with E-state index in [-0.39, 0.29) is 29.6 Å². The van der Waals surface area contributed by atoms with Gasteiger partial charge in [0.2, 0.25) is 5.91 Å². The predicted molar refractivity (Wildman–Crippen MR) is 87.0 cm³/mol. The SMILES string of the molecule is CCC(=O)C(NC(=O)C(C)CC1CCCCC1)C(C)CC. The van der Waals surface area contributed by atoms with Gasteiger partial charge < -0.3 is 5.32 Å². The van der Waals surface area contributed by atoms with Gasteiger partial charge in [0.15, 0.2) is 5.78 Å². The van der Waals surface area contributed by atoms with E-state index in [0.717, 1.165) is 12.8 Å². The number of hydrogen-bond donors (Lipinski definition) is 1. The van der Waals surface area contributed by atoms with Gasteiger partial charge in [0.25, 0.3) is 0 Å². The van der Waals surface area contributed by atoms with Gasteiger partial charge in [0.05, 0.1) is 6.04 Å². The summed E-state index contributed by atoms with van der Waals surface area (Å²) in [7, 11) is 0. The maximum Gasteiger partial charge on any atom is 0.223 e. The molecule has 0 saturated heterocycles. The van der Waals surface area contributed by atoms with Crippen LogP contribution in [-0.2, 0) is 9.59 Å². The number of rotatable bonds is 8. The summed E-state index contributed by atoms with van der Waals surface area (Å²) >= 11 is 0. The summed E-state index contributed by atoms with van der Waals surface area (Å²) in [6, 6.07) is -0.304. The van der Waals surface area contributed by atoms with Crippen LogP contribution in [0.25, 0.3) is 0 Å². The average Bonchev–Trinajstić information content (AvgIpc) is 2.51. The highest BCUT2D eigenvalue weighted by molar-refractivity contribution is 5.89. The Morgan fingerprint density at radius 2 is 1.71 bits per heavy atom. The lowest BCUT2D eigenvalue weighted by Crippen LogP contribution is -2.47. The molecular formula is C18H33NO2. The molecule has 0 bridgehead atoms. The summed E-state index contributed by atoms with van der Waals surface area (Å²) in [5, 5.41) is 3.02. The molecule has 21 heavy (non-hydrogen) atoms. The molecule has 1 aliphatic rings. The van der Waals surface area contributed by atoms with E-state index in [1.807, 2.05) is 20.8 Å². The molecule has 0 heterocycles. The van der Waals surface area contributed by atoms with Crippen molar-refractivity contribution in [1.82, 2.24) is 5.32 Å². The van der Waals surface area contributed by atoms with Crippen LogP contribution in [0.4, 0.5) is 0 Å².